The van der Waals surface area contributed by atoms with Gasteiger partial charge in [-0.05, 0) is 49.6 Å². The summed E-state index contributed by atoms with van der Waals surface area (Å²) in [5, 5.41) is 21.2. The van der Waals surface area contributed by atoms with Crippen molar-refractivity contribution in [1.82, 2.24) is 30.4 Å². The Hall–Kier alpha value is -4.14. The highest BCUT2D eigenvalue weighted by atomic mass is 16.1. The number of rotatable bonds is 5. The van der Waals surface area contributed by atoms with Crippen LogP contribution in [-0.2, 0) is 0 Å². The highest BCUT2D eigenvalue weighted by molar-refractivity contribution is 5.94. The molecule has 0 aliphatic heterocycles. The predicted octanol–water partition coefficient (Wildman–Crippen LogP) is 4.20. The van der Waals surface area contributed by atoms with E-state index in [1.165, 1.54) is 12.8 Å². The monoisotopic (exact) mass is 412 g/mol. The van der Waals surface area contributed by atoms with Gasteiger partial charge in [0.2, 0.25) is 5.95 Å². The van der Waals surface area contributed by atoms with E-state index in [4.69, 9.17) is 9.97 Å². The van der Waals surface area contributed by atoms with Crippen molar-refractivity contribution in [2.75, 3.05) is 10.6 Å². The van der Waals surface area contributed by atoms with Crippen LogP contribution < -0.4 is 16.2 Å². The van der Waals surface area contributed by atoms with E-state index in [0.717, 1.165) is 33.7 Å². The molecule has 3 aromatic heterocycles. The maximum absolute atomic E-state index is 11.7. The number of anilines is 4. The van der Waals surface area contributed by atoms with Crippen molar-refractivity contribution in [1.29, 1.82) is 0 Å². The molecule has 31 heavy (non-hydrogen) atoms. The van der Waals surface area contributed by atoms with Gasteiger partial charge in [0.25, 0.3) is 5.56 Å². The summed E-state index contributed by atoms with van der Waals surface area (Å²) in [6, 6.07) is 13.5. The minimum absolute atomic E-state index is 0.143. The Bertz CT molecular complexity index is 1490. The second-order valence-corrected chi connectivity index (χ2v) is 7.94. The predicted molar refractivity (Wildman–Crippen MR) is 120 cm³/mol. The summed E-state index contributed by atoms with van der Waals surface area (Å²) in [4.78, 5) is 21.2. The van der Waals surface area contributed by atoms with Gasteiger partial charge in [0.1, 0.15) is 5.82 Å². The van der Waals surface area contributed by atoms with E-state index in [2.05, 4.69) is 31.0 Å². The first-order valence-corrected chi connectivity index (χ1v) is 10.2. The maximum Gasteiger partial charge on any atom is 0.271 e. The Morgan fingerprint density at radius 2 is 1.94 bits per heavy atom. The molecule has 1 fully saturated rings. The summed E-state index contributed by atoms with van der Waals surface area (Å²) in [5.41, 5.74) is 4.41. The highest BCUT2D eigenvalue weighted by Gasteiger charge is 2.25. The van der Waals surface area contributed by atoms with Gasteiger partial charge in [-0.1, -0.05) is 12.1 Å². The van der Waals surface area contributed by atoms with Crippen molar-refractivity contribution in [2.24, 2.45) is 0 Å². The number of aryl methyl sites for hydroxylation is 1. The topological polar surface area (TPSA) is 127 Å². The molecule has 154 valence electrons. The molecule has 0 amide bonds. The van der Waals surface area contributed by atoms with Crippen LogP contribution in [0.3, 0.4) is 0 Å². The standard InChI is InChI=1S/C22H20N8O/c1-11-3-2-4-15-19(11)20(25-18-10-16(27-29-18)12-5-6-12)26-22(24-15)23-13-7-8-14-17(9-13)28-30-21(14)31/h2-4,7-10,12H,5-6H2,1H3,(H2,28,30,31)(H3,23,24,25,26,27,29). The number of H-pyrrole nitrogens is 3. The lowest BCUT2D eigenvalue weighted by Gasteiger charge is -2.12. The van der Waals surface area contributed by atoms with Crippen molar-refractivity contribution in [3.8, 4) is 0 Å². The van der Waals surface area contributed by atoms with Gasteiger partial charge in [-0.3, -0.25) is 20.1 Å². The molecule has 5 N–H and O–H groups in total. The van der Waals surface area contributed by atoms with Crippen LogP contribution in [0.4, 0.5) is 23.3 Å². The van der Waals surface area contributed by atoms with E-state index in [1.807, 2.05) is 43.3 Å². The average Bonchev–Trinajstić information content (AvgIpc) is 3.40. The Labute approximate surface area is 176 Å². The molecule has 1 saturated carbocycles. The van der Waals surface area contributed by atoms with Crippen LogP contribution in [0.25, 0.3) is 21.8 Å². The Morgan fingerprint density at radius 1 is 1.03 bits per heavy atom. The fraction of sp³-hybridized carbons (Fsp3) is 0.182. The second kappa shape index (κ2) is 6.69. The van der Waals surface area contributed by atoms with Crippen LogP contribution in [0.1, 0.15) is 30.0 Å². The van der Waals surface area contributed by atoms with Crippen LogP contribution in [0.5, 0.6) is 0 Å². The lowest BCUT2D eigenvalue weighted by atomic mass is 10.1. The lowest BCUT2D eigenvalue weighted by Crippen LogP contribution is -2.03. The van der Waals surface area contributed by atoms with Crippen molar-refractivity contribution in [2.45, 2.75) is 25.7 Å². The van der Waals surface area contributed by atoms with E-state index >= 15 is 0 Å². The first-order chi connectivity index (χ1) is 15.1. The third kappa shape index (κ3) is 3.20. The zero-order valence-corrected chi connectivity index (χ0v) is 16.8. The number of aromatic amines is 3. The summed E-state index contributed by atoms with van der Waals surface area (Å²) >= 11 is 0. The van der Waals surface area contributed by atoms with Gasteiger partial charge in [0, 0.05) is 28.8 Å². The Kier molecular flexibility index (Phi) is 3.82. The number of benzene rings is 2. The molecule has 1 aliphatic carbocycles. The van der Waals surface area contributed by atoms with E-state index in [-0.39, 0.29) is 5.56 Å². The summed E-state index contributed by atoms with van der Waals surface area (Å²) in [7, 11) is 0. The molecule has 0 saturated heterocycles. The maximum atomic E-state index is 11.7. The highest BCUT2D eigenvalue weighted by Crippen LogP contribution is 2.40. The third-order valence-corrected chi connectivity index (χ3v) is 5.62. The number of nitrogens with one attached hydrogen (secondary N) is 5. The van der Waals surface area contributed by atoms with Gasteiger partial charge in [0.05, 0.1) is 16.4 Å². The van der Waals surface area contributed by atoms with Crippen molar-refractivity contribution in [3.63, 3.8) is 0 Å². The minimum Gasteiger partial charge on any atom is -0.324 e. The molecule has 0 bridgehead atoms. The quantitative estimate of drug-likeness (QED) is 0.294. The lowest BCUT2D eigenvalue weighted by molar-refractivity contribution is 0.966. The second-order valence-electron chi connectivity index (χ2n) is 7.94. The molecule has 2 aromatic carbocycles. The summed E-state index contributed by atoms with van der Waals surface area (Å²) in [6.45, 7) is 2.04. The van der Waals surface area contributed by atoms with Crippen LogP contribution in [-0.4, -0.2) is 30.4 Å². The number of fused-ring (bicyclic) bond motifs is 2. The molecule has 0 atom stereocenters. The average molecular weight is 412 g/mol. The molecule has 0 spiro atoms. The van der Waals surface area contributed by atoms with Crippen molar-refractivity contribution in [3.05, 3.63) is 64.1 Å². The molecular formula is C22H20N8O. The van der Waals surface area contributed by atoms with Gasteiger partial charge >= 0.3 is 0 Å². The molecule has 3 heterocycles. The van der Waals surface area contributed by atoms with Gasteiger partial charge < -0.3 is 10.6 Å². The van der Waals surface area contributed by atoms with Gasteiger partial charge in [-0.25, -0.2) is 4.98 Å². The number of hydrogen-bond acceptors (Lipinski definition) is 6. The normalized spacial score (nSPS) is 13.7. The third-order valence-electron chi connectivity index (χ3n) is 5.62. The molecule has 1 aliphatic rings. The van der Waals surface area contributed by atoms with Crippen molar-refractivity contribution >= 4 is 45.1 Å². The zero-order chi connectivity index (χ0) is 20.9. The van der Waals surface area contributed by atoms with E-state index < -0.39 is 0 Å². The van der Waals surface area contributed by atoms with Crippen LogP contribution >= 0.6 is 0 Å². The van der Waals surface area contributed by atoms with Gasteiger partial charge in [-0.2, -0.15) is 10.1 Å². The molecule has 9 heteroatoms. The molecule has 0 radical (unpaired) electrons. The van der Waals surface area contributed by atoms with E-state index in [9.17, 15) is 4.79 Å². The van der Waals surface area contributed by atoms with E-state index in [0.29, 0.717) is 28.6 Å². The van der Waals surface area contributed by atoms with Crippen LogP contribution in [0.15, 0.2) is 47.3 Å². The van der Waals surface area contributed by atoms with Crippen molar-refractivity contribution < 1.29 is 0 Å². The number of nitrogens with zero attached hydrogens (tertiary/aromatic N) is 3. The molecule has 0 unspecified atom stereocenters. The zero-order valence-electron chi connectivity index (χ0n) is 16.8. The largest absolute Gasteiger partial charge is 0.324 e. The van der Waals surface area contributed by atoms with Crippen LogP contribution in [0, 0.1) is 6.92 Å². The number of aromatic nitrogens is 6. The Balaban J connectivity index is 1.39. The molecule has 6 rings (SSSR count). The minimum atomic E-state index is -0.143. The summed E-state index contributed by atoms with van der Waals surface area (Å²) in [5.74, 6) is 2.48. The molecule has 5 aromatic rings. The smallest absolute Gasteiger partial charge is 0.271 e. The summed E-state index contributed by atoms with van der Waals surface area (Å²) < 4.78 is 0. The van der Waals surface area contributed by atoms with Gasteiger partial charge in [0.15, 0.2) is 5.82 Å². The first-order valence-electron chi connectivity index (χ1n) is 10.2. The number of hydrogen-bond donors (Lipinski definition) is 5. The fourth-order valence-electron chi connectivity index (χ4n) is 3.87. The molecular weight excluding hydrogens is 392 g/mol. The summed E-state index contributed by atoms with van der Waals surface area (Å²) in [6.07, 6.45) is 2.42. The SMILES string of the molecule is Cc1cccc2nc(Nc3ccc4c(=O)[nH][nH]c4c3)nc(Nc3cc(C4CC4)[nH]n3)c12. The van der Waals surface area contributed by atoms with Gasteiger partial charge in [-0.15, -0.1) is 0 Å². The molecule has 9 nitrogen and oxygen atoms in total. The first kappa shape index (κ1) is 17.7. The Morgan fingerprint density at radius 3 is 2.81 bits per heavy atom. The van der Waals surface area contributed by atoms with Crippen LogP contribution in [0.2, 0.25) is 0 Å². The fourth-order valence-corrected chi connectivity index (χ4v) is 3.87. The van der Waals surface area contributed by atoms with E-state index in [1.54, 1.807) is 6.07 Å².